The summed E-state index contributed by atoms with van der Waals surface area (Å²) in [6.45, 7) is 38.0. The van der Waals surface area contributed by atoms with Gasteiger partial charge in [0.15, 0.2) is 0 Å². The maximum atomic E-state index is 2.71. The lowest BCUT2D eigenvalue weighted by atomic mass is 9.36. The van der Waals surface area contributed by atoms with Crippen LogP contribution in [-0.4, -0.2) is 6.71 Å². The summed E-state index contributed by atoms with van der Waals surface area (Å²) in [6.07, 6.45) is 2.37. The molecule has 7 aromatic rings. The largest absolute Gasteiger partial charge is 0.311 e. The number of rotatable bonds is 3. The molecule has 0 bridgehead atoms. The molecule has 6 aromatic carbocycles. The van der Waals surface area contributed by atoms with Crippen molar-refractivity contribution >= 4 is 78.0 Å². The second-order valence-corrected chi connectivity index (χ2v) is 26.5. The fraction of sp³-hybridized carbons (Fsp3) is 0.387. The average molecular weight is 887 g/mol. The van der Waals surface area contributed by atoms with Crippen molar-refractivity contribution < 1.29 is 0 Å². The quantitative estimate of drug-likeness (QED) is 0.163. The summed E-state index contributed by atoms with van der Waals surface area (Å²) in [7, 11) is 0. The van der Waals surface area contributed by atoms with E-state index >= 15 is 0 Å². The Morgan fingerprint density at radius 1 is 0.485 bits per heavy atom. The van der Waals surface area contributed by atoms with Gasteiger partial charge in [-0.3, -0.25) is 0 Å². The first-order valence-electron chi connectivity index (χ1n) is 24.6. The molecule has 0 fully saturated rings. The molecule has 0 saturated heterocycles. The number of hydrogen-bond acceptors (Lipinski definition) is 3. The molecule has 2 nitrogen and oxygen atoms in total. The van der Waals surface area contributed by atoms with Crippen LogP contribution < -0.4 is 25.5 Å². The van der Waals surface area contributed by atoms with Crippen LogP contribution in [0.4, 0.5) is 34.1 Å². The molecule has 338 valence electrons. The van der Waals surface area contributed by atoms with Gasteiger partial charge in [-0.1, -0.05) is 171 Å². The monoisotopic (exact) mass is 887 g/mol. The van der Waals surface area contributed by atoms with Crippen LogP contribution in [0, 0.1) is 0 Å². The Morgan fingerprint density at radius 3 is 1.68 bits per heavy atom. The molecule has 0 N–H and O–H groups in total. The zero-order valence-corrected chi connectivity index (χ0v) is 43.6. The topological polar surface area (TPSA) is 6.48 Å². The zero-order valence-electron chi connectivity index (χ0n) is 42.8. The fourth-order valence-corrected chi connectivity index (χ4v) is 12.5. The summed E-state index contributed by atoms with van der Waals surface area (Å²) in [5, 5.41) is 1.35. The van der Waals surface area contributed by atoms with E-state index < -0.39 is 0 Å². The second-order valence-electron chi connectivity index (χ2n) is 25.4. The third-order valence-corrected chi connectivity index (χ3v) is 16.8. The first-order chi connectivity index (χ1) is 30.7. The normalized spacial score (nSPS) is 16.5. The van der Waals surface area contributed by atoms with E-state index in [1.807, 2.05) is 11.3 Å². The Hall–Kier alpha value is -5.06. The van der Waals surface area contributed by atoms with Crippen LogP contribution in [0.3, 0.4) is 0 Å². The summed E-state index contributed by atoms with van der Waals surface area (Å²) >= 11 is 2.00. The van der Waals surface area contributed by atoms with Crippen molar-refractivity contribution in [2.75, 3.05) is 9.80 Å². The number of thiophene rings is 1. The van der Waals surface area contributed by atoms with Crippen LogP contribution in [0.2, 0.25) is 0 Å². The van der Waals surface area contributed by atoms with Gasteiger partial charge in [-0.2, -0.15) is 0 Å². The van der Waals surface area contributed by atoms with E-state index in [2.05, 4.69) is 236 Å². The highest BCUT2D eigenvalue weighted by Gasteiger charge is 2.47. The van der Waals surface area contributed by atoms with Crippen LogP contribution >= 0.6 is 11.3 Å². The summed E-state index contributed by atoms with van der Waals surface area (Å²) < 4.78 is 2.78. The molecule has 0 amide bonds. The van der Waals surface area contributed by atoms with E-state index in [9.17, 15) is 0 Å². The van der Waals surface area contributed by atoms with Gasteiger partial charge >= 0.3 is 0 Å². The van der Waals surface area contributed by atoms with Gasteiger partial charge < -0.3 is 9.80 Å². The highest BCUT2D eigenvalue weighted by Crippen LogP contribution is 2.53. The van der Waals surface area contributed by atoms with Gasteiger partial charge in [0.2, 0.25) is 0 Å². The number of anilines is 6. The summed E-state index contributed by atoms with van der Waals surface area (Å²) in [6, 6.07) is 46.0. The van der Waals surface area contributed by atoms with Crippen molar-refractivity contribution in [1.29, 1.82) is 0 Å². The molecule has 1 aromatic heterocycles. The minimum absolute atomic E-state index is 0.0136. The molecular weight excluding hydrogens is 816 g/mol. The minimum Gasteiger partial charge on any atom is -0.311 e. The molecule has 66 heavy (non-hydrogen) atoms. The van der Waals surface area contributed by atoms with Gasteiger partial charge in [0.25, 0.3) is 6.71 Å². The summed E-state index contributed by atoms with van der Waals surface area (Å²) in [5.41, 5.74) is 21.4. The maximum absolute atomic E-state index is 2.71. The Kier molecular flexibility index (Phi) is 9.98. The zero-order chi connectivity index (χ0) is 47.3. The van der Waals surface area contributed by atoms with E-state index in [1.54, 1.807) is 0 Å². The smallest absolute Gasteiger partial charge is 0.264 e. The van der Waals surface area contributed by atoms with Crippen LogP contribution in [0.5, 0.6) is 0 Å². The number of benzene rings is 6. The minimum atomic E-state index is -0.116. The summed E-state index contributed by atoms with van der Waals surface area (Å²) in [4.78, 5) is 5.36. The van der Waals surface area contributed by atoms with Crippen molar-refractivity contribution in [3.05, 3.63) is 149 Å². The summed E-state index contributed by atoms with van der Waals surface area (Å²) in [5.74, 6) is 0. The molecule has 0 atom stereocenters. The molecule has 0 saturated carbocycles. The molecule has 0 radical (unpaired) electrons. The van der Waals surface area contributed by atoms with Crippen LogP contribution in [-0.2, 0) is 32.5 Å². The number of nitrogens with zero attached hydrogens (tertiary/aromatic N) is 2. The molecule has 3 aliphatic rings. The van der Waals surface area contributed by atoms with Crippen molar-refractivity contribution in [3.63, 3.8) is 0 Å². The Balaban J connectivity index is 1.32. The first kappa shape index (κ1) is 44.8. The van der Waals surface area contributed by atoms with Gasteiger partial charge in [0.1, 0.15) is 0 Å². The first-order valence-corrected chi connectivity index (χ1v) is 25.4. The molecule has 2 aliphatic heterocycles. The molecule has 4 heteroatoms. The lowest BCUT2D eigenvalue weighted by molar-refractivity contribution is 0.332. The predicted octanol–water partition coefficient (Wildman–Crippen LogP) is 16.2. The third kappa shape index (κ3) is 7.19. The van der Waals surface area contributed by atoms with Crippen molar-refractivity contribution in [1.82, 2.24) is 0 Å². The van der Waals surface area contributed by atoms with E-state index in [-0.39, 0.29) is 39.2 Å². The second kappa shape index (κ2) is 14.7. The lowest BCUT2D eigenvalue weighted by Gasteiger charge is -2.45. The highest BCUT2D eigenvalue weighted by molar-refractivity contribution is 7.33. The predicted molar refractivity (Wildman–Crippen MR) is 291 cm³/mol. The molecule has 1 aliphatic carbocycles. The van der Waals surface area contributed by atoms with Crippen molar-refractivity contribution in [2.24, 2.45) is 0 Å². The van der Waals surface area contributed by atoms with Gasteiger partial charge in [-0.15, -0.1) is 11.3 Å². The van der Waals surface area contributed by atoms with Gasteiger partial charge in [0, 0.05) is 43.2 Å². The maximum Gasteiger partial charge on any atom is 0.264 e. The Bertz CT molecular complexity index is 3080. The Morgan fingerprint density at radius 2 is 1.05 bits per heavy atom. The number of hydrogen-bond donors (Lipinski definition) is 0. The van der Waals surface area contributed by atoms with Crippen molar-refractivity contribution in [2.45, 2.75) is 156 Å². The van der Waals surface area contributed by atoms with E-state index in [4.69, 9.17) is 0 Å². The van der Waals surface area contributed by atoms with E-state index in [1.165, 1.54) is 117 Å². The average Bonchev–Trinajstić information content (AvgIpc) is 3.62. The van der Waals surface area contributed by atoms with Crippen molar-refractivity contribution in [3.8, 4) is 11.1 Å². The number of para-hydroxylation sites is 1. The van der Waals surface area contributed by atoms with Gasteiger partial charge in [0.05, 0.1) is 11.4 Å². The van der Waals surface area contributed by atoms with Crippen LogP contribution in [0.15, 0.2) is 115 Å². The Labute approximate surface area is 401 Å². The fourth-order valence-electron chi connectivity index (χ4n) is 11.2. The SMILES string of the molecule is CC(C)(C)c1ccc(-c2cc(C(C)(C)C)ccc2N2c3ccccc3B3c4sc5ccc(C(C)(C)C)cc5c4N(c4ccc5c(c4)C(C)(C)CCC5(C)C)c4cc(C(C)(C)C)cc2c43)cc1. The molecule has 0 spiro atoms. The van der Waals surface area contributed by atoms with Gasteiger partial charge in [-0.05, 0) is 150 Å². The van der Waals surface area contributed by atoms with E-state index in [0.29, 0.717) is 0 Å². The van der Waals surface area contributed by atoms with Crippen LogP contribution in [0.1, 0.15) is 157 Å². The van der Waals surface area contributed by atoms with E-state index in [0.717, 1.165) is 0 Å². The van der Waals surface area contributed by atoms with Crippen LogP contribution in [0.25, 0.3) is 21.2 Å². The number of fused-ring (bicyclic) bond motifs is 7. The highest BCUT2D eigenvalue weighted by atomic mass is 32.1. The molecule has 10 rings (SSSR count). The molecule has 0 unspecified atom stereocenters. The molecular formula is C62H71BN2S. The lowest BCUT2D eigenvalue weighted by Crippen LogP contribution is -2.60. The van der Waals surface area contributed by atoms with Gasteiger partial charge in [-0.25, -0.2) is 0 Å². The third-order valence-electron chi connectivity index (χ3n) is 15.6. The molecule has 3 heterocycles. The standard InChI is InChI=1S/C62H71BN2S/c1-57(2,3)39-23-21-38(22-24-39)44-33-40(58(4,5)6)25-29-49(44)65-50-20-18-17-19-48(50)63-54-51(35-42(36-52(54)65)60(10,11)12)64(43-27-28-46-47(37-43)62(15,16)32-31-61(46,13)14)55-45-34-41(59(7,8)9)26-30-53(45)66-56(55)63/h17-30,33-37H,31-32H2,1-16H3.